The summed E-state index contributed by atoms with van der Waals surface area (Å²) in [7, 11) is 0. The van der Waals surface area contributed by atoms with Gasteiger partial charge in [-0.1, -0.05) is 30.3 Å². The average Bonchev–Trinajstić information content (AvgIpc) is 2.17. The maximum Gasteiger partial charge on any atom is 0.0717 e. The zero-order chi connectivity index (χ0) is 9.80. The summed E-state index contributed by atoms with van der Waals surface area (Å²) in [5, 5.41) is 9.08. The van der Waals surface area contributed by atoms with E-state index in [1.54, 1.807) is 0 Å². The second-order valence-corrected chi connectivity index (χ2v) is 3.99. The van der Waals surface area contributed by atoms with Crippen molar-refractivity contribution in [2.75, 3.05) is 6.61 Å². The van der Waals surface area contributed by atoms with Gasteiger partial charge in [0, 0.05) is 0 Å². The molecule has 0 radical (unpaired) electrons. The molecule has 0 bridgehead atoms. The Balaban J connectivity index is 1.64. The first-order valence-corrected chi connectivity index (χ1v) is 5.14. The van der Waals surface area contributed by atoms with Crippen molar-refractivity contribution in [1.82, 2.24) is 0 Å². The molecule has 14 heavy (non-hydrogen) atoms. The zero-order valence-corrected chi connectivity index (χ0v) is 8.23. The lowest BCUT2D eigenvalue weighted by atomic mass is 9.83. The van der Waals surface area contributed by atoms with Crippen LogP contribution in [0.5, 0.6) is 0 Å². The highest BCUT2D eigenvalue weighted by molar-refractivity contribution is 5.13. The van der Waals surface area contributed by atoms with Gasteiger partial charge < -0.3 is 9.84 Å². The molecule has 0 unspecified atom stereocenters. The summed E-state index contributed by atoms with van der Waals surface area (Å²) in [6.45, 7) is 1.47. The van der Waals surface area contributed by atoms with Gasteiger partial charge in [0.1, 0.15) is 0 Å². The largest absolute Gasteiger partial charge is 0.393 e. The Morgan fingerprint density at radius 2 is 1.93 bits per heavy atom. The molecule has 0 aliphatic heterocycles. The fourth-order valence-electron chi connectivity index (χ4n) is 1.75. The zero-order valence-electron chi connectivity index (χ0n) is 8.23. The van der Waals surface area contributed by atoms with Crippen LogP contribution in [0.4, 0.5) is 0 Å². The number of aliphatic hydroxyl groups excluding tert-OH is 1. The lowest BCUT2D eigenvalue weighted by Crippen LogP contribution is -2.31. The van der Waals surface area contributed by atoms with Gasteiger partial charge in [-0.2, -0.15) is 0 Å². The number of benzene rings is 1. The lowest BCUT2D eigenvalue weighted by molar-refractivity contribution is -0.0145. The van der Waals surface area contributed by atoms with Gasteiger partial charge in [0.2, 0.25) is 0 Å². The molecule has 0 atom stereocenters. The smallest absolute Gasteiger partial charge is 0.0717 e. The lowest BCUT2D eigenvalue weighted by Gasteiger charge is -2.30. The van der Waals surface area contributed by atoms with Crippen LogP contribution in [0.3, 0.4) is 0 Å². The Bertz CT molecular complexity index is 265. The van der Waals surface area contributed by atoms with Gasteiger partial charge in [-0.15, -0.1) is 0 Å². The van der Waals surface area contributed by atoms with Crippen LogP contribution in [0, 0.1) is 5.92 Å². The van der Waals surface area contributed by atoms with E-state index in [4.69, 9.17) is 9.84 Å². The van der Waals surface area contributed by atoms with Gasteiger partial charge in [0.05, 0.1) is 19.3 Å². The van der Waals surface area contributed by atoms with Crippen molar-refractivity contribution in [2.45, 2.75) is 25.6 Å². The summed E-state index contributed by atoms with van der Waals surface area (Å²) in [5.74, 6) is 0.578. The minimum Gasteiger partial charge on any atom is -0.393 e. The van der Waals surface area contributed by atoms with E-state index >= 15 is 0 Å². The first kappa shape index (κ1) is 9.69. The van der Waals surface area contributed by atoms with Crippen LogP contribution in [0.15, 0.2) is 30.3 Å². The van der Waals surface area contributed by atoms with Crippen molar-refractivity contribution in [3.8, 4) is 0 Å². The standard InChI is InChI=1S/C12H16O2/c13-12-6-11(7-12)9-14-8-10-4-2-1-3-5-10/h1-5,11-13H,6-9H2/t11-,12-. The summed E-state index contributed by atoms with van der Waals surface area (Å²) < 4.78 is 5.56. The number of hydrogen-bond donors (Lipinski definition) is 1. The quantitative estimate of drug-likeness (QED) is 0.790. The molecule has 1 aromatic rings. The molecule has 2 heteroatoms. The third-order valence-corrected chi connectivity index (χ3v) is 2.68. The topological polar surface area (TPSA) is 29.5 Å². The molecule has 2 nitrogen and oxygen atoms in total. The van der Waals surface area contributed by atoms with Gasteiger partial charge in [-0.05, 0) is 24.3 Å². The summed E-state index contributed by atoms with van der Waals surface area (Å²) in [6.07, 6.45) is 1.75. The Labute approximate surface area is 84.5 Å². The number of rotatable bonds is 4. The maximum absolute atomic E-state index is 9.08. The first-order valence-electron chi connectivity index (χ1n) is 5.14. The monoisotopic (exact) mass is 192 g/mol. The van der Waals surface area contributed by atoms with E-state index in [-0.39, 0.29) is 6.10 Å². The van der Waals surface area contributed by atoms with Crippen molar-refractivity contribution >= 4 is 0 Å². The average molecular weight is 192 g/mol. The molecule has 1 fully saturated rings. The van der Waals surface area contributed by atoms with Crippen LogP contribution >= 0.6 is 0 Å². The van der Waals surface area contributed by atoms with E-state index in [0.29, 0.717) is 12.5 Å². The van der Waals surface area contributed by atoms with E-state index in [1.165, 1.54) is 5.56 Å². The van der Waals surface area contributed by atoms with E-state index in [2.05, 4.69) is 12.1 Å². The molecular weight excluding hydrogens is 176 g/mol. The van der Waals surface area contributed by atoms with Crippen molar-refractivity contribution in [1.29, 1.82) is 0 Å². The molecule has 1 N–H and O–H groups in total. The SMILES string of the molecule is O[C@H]1C[C@H](COCc2ccccc2)C1. The van der Waals surface area contributed by atoms with Crippen LogP contribution in [0.1, 0.15) is 18.4 Å². The molecule has 1 saturated carbocycles. The second kappa shape index (κ2) is 4.58. The number of aliphatic hydroxyl groups is 1. The van der Waals surface area contributed by atoms with Gasteiger partial charge in [-0.3, -0.25) is 0 Å². The second-order valence-electron chi connectivity index (χ2n) is 3.99. The van der Waals surface area contributed by atoms with Crippen molar-refractivity contribution in [3.63, 3.8) is 0 Å². The van der Waals surface area contributed by atoms with Crippen LogP contribution in [0.2, 0.25) is 0 Å². The number of hydrogen-bond acceptors (Lipinski definition) is 2. The van der Waals surface area contributed by atoms with Crippen molar-refractivity contribution in [2.24, 2.45) is 5.92 Å². The third kappa shape index (κ3) is 2.56. The van der Waals surface area contributed by atoms with E-state index in [9.17, 15) is 0 Å². The van der Waals surface area contributed by atoms with Crippen molar-refractivity contribution < 1.29 is 9.84 Å². The molecule has 0 aromatic heterocycles. The molecule has 1 aromatic carbocycles. The first-order chi connectivity index (χ1) is 6.84. The van der Waals surface area contributed by atoms with Gasteiger partial charge in [-0.25, -0.2) is 0 Å². The molecular formula is C12H16O2. The third-order valence-electron chi connectivity index (χ3n) is 2.68. The minimum absolute atomic E-state index is 0.0691. The van der Waals surface area contributed by atoms with Crippen LogP contribution < -0.4 is 0 Å². The summed E-state index contributed by atoms with van der Waals surface area (Å²) in [5.41, 5.74) is 1.22. The Kier molecular flexibility index (Phi) is 3.17. The molecule has 0 amide bonds. The van der Waals surface area contributed by atoms with Gasteiger partial charge in [0.15, 0.2) is 0 Å². The van der Waals surface area contributed by atoms with E-state index < -0.39 is 0 Å². The molecule has 2 rings (SSSR count). The molecule has 0 spiro atoms. The summed E-state index contributed by atoms with van der Waals surface area (Å²) in [4.78, 5) is 0. The summed E-state index contributed by atoms with van der Waals surface area (Å²) >= 11 is 0. The normalized spacial score (nSPS) is 25.8. The molecule has 1 aliphatic carbocycles. The van der Waals surface area contributed by atoms with Gasteiger partial charge >= 0.3 is 0 Å². The molecule has 0 heterocycles. The summed E-state index contributed by atoms with van der Waals surface area (Å²) in [6, 6.07) is 10.2. The predicted octanol–water partition coefficient (Wildman–Crippen LogP) is 1.97. The minimum atomic E-state index is -0.0691. The fraction of sp³-hybridized carbons (Fsp3) is 0.500. The van der Waals surface area contributed by atoms with E-state index in [0.717, 1.165) is 19.4 Å². The van der Waals surface area contributed by atoms with Crippen LogP contribution in [0.25, 0.3) is 0 Å². The molecule has 0 saturated heterocycles. The fourth-order valence-corrected chi connectivity index (χ4v) is 1.75. The Hall–Kier alpha value is -0.860. The van der Waals surface area contributed by atoms with E-state index in [1.807, 2.05) is 18.2 Å². The molecule has 76 valence electrons. The van der Waals surface area contributed by atoms with Crippen LogP contribution in [-0.4, -0.2) is 17.8 Å². The number of ether oxygens (including phenoxy) is 1. The molecule has 1 aliphatic rings. The van der Waals surface area contributed by atoms with Crippen molar-refractivity contribution in [3.05, 3.63) is 35.9 Å². The predicted molar refractivity (Wildman–Crippen MR) is 54.8 cm³/mol. The maximum atomic E-state index is 9.08. The Morgan fingerprint density at radius 3 is 2.57 bits per heavy atom. The highest BCUT2D eigenvalue weighted by atomic mass is 16.5. The highest BCUT2D eigenvalue weighted by Crippen LogP contribution is 2.27. The van der Waals surface area contributed by atoms with Gasteiger partial charge in [0.25, 0.3) is 0 Å². The Morgan fingerprint density at radius 1 is 1.21 bits per heavy atom. The highest BCUT2D eigenvalue weighted by Gasteiger charge is 2.26. The van der Waals surface area contributed by atoms with Crippen LogP contribution in [-0.2, 0) is 11.3 Å².